The van der Waals surface area contributed by atoms with E-state index in [2.05, 4.69) is 34.0 Å². The van der Waals surface area contributed by atoms with Gasteiger partial charge in [0.15, 0.2) is 17.5 Å². The van der Waals surface area contributed by atoms with Crippen molar-refractivity contribution in [1.29, 1.82) is 5.26 Å². The third-order valence-electron chi connectivity index (χ3n) is 4.15. The van der Waals surface area contributed by atoms with Gasteiger partial charge in [0.25, 0.3) is 0 Å². The van der Waals surface area contributed by atoms with Gasteiger partial charge in [-0.25, -0.2) is 0 Å². The number of aliphatic imine (C=N–C) groups is 1. The number of guanidine groups is 1. The Kier molecular flexibility index (Phi) is 8.88. The molecule has 0 bridgehead atoms. The van der Waals surface area contributed by atoms with Crippen LogP contribution < -0.4 is 14.8 Å². The van der Waals surface area contributed by atoms with Gasteiger partial charge in [-0.3, -0.25) is 4.99 Å². The lowest BCUT2D eigenvalue weighted by molar-refractivity contribution is 0.354. The highest BCUT2D eigenvalue weighted by atomic mass is 127. The molecule has 0 fully saturated rings. The fourth-order valence-electron chi connectivity index (χ4n) is 2.59. The highest BCUT2D eigenvalue weighted by Gasteiger charge is 2.09. The normalized spacial score (nSPS) is 10.9. The van der Waals surface area contributed by atoms with Crippen LogP contribution in [0.4, 0.5) is 5.69 Å². The summed E-state index contributed by atoms with van der Waals surface area (Å²) in [7, 11) is 5.20. The molecular weight excluding hydrogens is 467 g/mol. The second-order valence-electron chi connectivity index (χ2n) is 6.08. The van der Waals surface area contributed by atoms with Crippen molar-refractivity contribution >= 4 is 34.2 Å². The van der Waals surface area contributed by atoms with Gasteiger partial charge in [0.1, 0.15) is 0 Å². The average molecular weight is 492 g/mol. The van der Waals surface area contributed by atoms with E-state index in [-0.39, 0.29) is 0 Å². The third kappa shape index (κ3) is 6.30. The van der Waals surface area contributed by atoms with Crippen LogP contribution in [0, 0.1) is 14.9 Å². The Balaban J connectivity index is 2.13. The van der Waals surface area contributed by atoms with E-state index in [1.807, 2.05) is 54.4 Å². The predicted molar refractivity (Wildman–Crippen MR) is 121 cm³/mol. The number of anilines is 1. The molecule has 1 N–H and O–H groups in total. The third-order valence-corrected chi connectivity index (χ3v) is 5.09. The lowest BCUT2D eigenvalue weighted by atomic mass is 10.1. The maximum Gasteiger partial charge on any atom is 0.198 e. The van der Waals surface area contributed by atoms with E-state index >= 15 is 0 Å². The number of methoxy groups -OCH3 is 2. The monoisotopic (exact) mass is 492 g/mol. The lowest BCUT2D eigenvalue weighted by Crippen LogP contribution is -2.34. The summed E-state index contributed by atoms with van der Waals surface area (Å²) in [5.74, 6) is 2.18. The van der Waals surface area contributed by atoms with E-state index in [4.69, 9.17) is 19.7 Å². The van der Waals surface area contributed by atoms with E-state index in [0.717, 1.165) is 27.2 Å². The molecule has 0 aromatic heterocycles. The first-order valence-corrected chi connectivity index (χ1v) is 10.0. The fourth-order valence-corrected chi connectivity index (χ4v) is 3.11. The van der Waals surface area contributed by atoms with Crippen molar-refractivity contribution in [2.75, 3.05) is 39.7 Å². The summed E-state index contributed by atoms with van der Waals surface area (Å²) in [5, 5.41) is 12.3. The van der Waals surface area contributed by atoms with Crippen LogP contribution in [0.25, 0.3) is 0 Å². The number of nitriles is 1. The molecule has 0 spiro atoms. The number of halogens is 1. The van der Waals surface area contributed by atoms with E-state index < -0.39 is 0 Å². The van der Waals surface area contributed by atoms with Gasteiger partial charge in [-0.15, -0.1) is 0 Å². The van der Waals surface area contributed by atoms with Gasteiger partial charge in [-0.1, -0.05) is 18.2 Å². The molecule has 6 nitrogen and oxygen atoms in total. The molecule has 0 saturated heterocycles. The van der Waals surface area contributed by atoms with E-state index in [1.165, 1.54) is 0 Å². The standard InChI is InChI=1S/C21H25IN4O2/c1-26(14-6-12-23)21(25-18-8-5-4-7-17(18)22)24-13-11-16-9-10-19(27-2)20(15-16)28-3/h4-5,7-10,15H,6,11,13-14H2,1-3H3,(H,24,25). The molecular formula is C21H25IN4O2. The van der Waals surface area contributed by atoms with Gasteiger partial charge in [0.2, 0.25) is 0 Å². The number of benzene rings is 2. The van der Waals surface area contributed by atoms with Gasteiger partial charge < -0.3 is 19.7 Å². The maximum absolute atomic E-state index is 8.89. The molecule has 2 aromatic rings. The lowest BCUT2D eigenvalue weighted by Gasteiger charge is -2.22. The number of hydrogen-bond acceptors (Lipinski definition) is 4. The molecule has 0 radical (unpaired) electrons. The minimum Gasteiger partial charge on any atom is -0.493 e. The van der Waals surface area contributed by atoms with Crippen LogP contribution in [0.15, 0.2) is 47.5 Å². The number of ether oxygens (including phenoxy) is 2. The number of para-hydroxylation sites is 1. The van der Waals surface area contributed by atoms with E-state index in [0.29, 0.717) is 31.0 Å². The zero-order chi connectivity index (χ0) is 20.4. The zero-order valence-corrected chi connectivity index (χ0v) is 18.6. The van der Waals surface area contributed by atoms with Crippen molar-refractivity contribution in [3.05, 3.63) is 51.6 Å². The highest BCUT2D eigenvalue weighted by molar-refractivity contribution is 14.1. The van der Waals surface area contributed by atoms with Crippen LogP contribution in [0.2, 0.25) is 0 Å². The van der Waals surface area contributed by atoms with Gasteiger partial charge in [0, 0.05) is 23.7 Å². The SMILES string of the molecule is COc1ccc(CCN=C(Nc2ccccc2I)N(C)CCC#N)cc1OC. The second kappa shape index (κ2) is 11.4. The Morgan fingerprint density at radius 2 is 1.93 bits per heavy atom. The molecule has 0 aliphatic heterocycles. The Morgan fingerprint density at radius 1 is 1.18 bits per heavy atom. The summed E-state index contributed by atoms with van der Waals surface area (Å²) in [6.45, 7) is 1.22. The smallest absolute Gasteiger partial charge is 0.198 e. The van der Waals surface area contributed by atoms with Crippen molar-refractivity contribution in [2.24, 2.45) is 4.99 Å². The number of hydrogen-bond donors (Lipinski definition) is 1. The Labute approximate surface area is 180 Å². The molecule has 2 rings (SSSR count). The zero-order valence-electron chi connectivity index (χ0n) is 16.4. The molecule has 0 heterocycles. The molecule has 2 aromatic carbocycles. The summed E-state index contributed by atoms with van der Waals surface area (Å²) in [5.41, 5.74) is 2.12. The Bertz CT molecular complexity index is 849. The quantitative estimate of drug-likeness (QED) is 0.341. The average Bonchev–Trinajstić information content (AvgIpc) is 2.72. The van der Waals surface area contributed by atoms with Gasteiger partial charge >= 0.3 is 0 Å². The van der Waals surface area contributed by atoms with Crippen molar-refractivity contribution in [3.8, 4) is 17.6 Å². The molecule has 0 aliphatic carbocycles. The summed E-state index contributed by atoms with van der Waals surface area (Å²) in [4.78, 5) is 6.73. The van der Waals surface area contributed by atoms with Crippen LogP contribution in [0.3, 0.4) is 0 Å². The summed E-state index contributed by atoms with van der Waals surface area (Å²) >= 11 is 2.29. The molecule has 0 unspecified atom stereocenters. The molecule has 0 atom stereocenters. The summed E-state index contributed by atoms with van der Waals surface area (Å²) in [6, 6.07) is 16.1. The topological polar surface area (TPSA) is 69.9 Å². The number of nitrogens with one attached hydrogen (secondary N) is 1. The minimum absolute atomic E-state index is 0.443. The van der Waals surface area contributed by atoms with Crippen LogP contribution in [-0.2, 0) is 6.42 Å². The van der Waals surface area contributed by atoms with Crippen molar-refractivity contribution in [3.63, 3.8) is 0 Å². The second-order valence-corrected chi connectivity index (χ2v) is 7.24. The van der Waals surface area contributed by atoms with E-state index in [9.17, 15) is 0 Å². The van der Waals surface area contributed by atoms with Gasteiger partial charge in [-0.2, -0.15) is 5.26 Å². The number of rotatable bonds is 8. The number of nitrogens with zero attached hydrogens (tertiary/aromatic N) is 3. The maximum atomic E-state index is 8.89. The molecule has 0 amide bonds. The van der Waals surface area contributed by atoms with Crippen LogP contribution in [-0.4, -0.2) is 45.2 Å². The first kappa shape index (κ1) is 21.8. The van der Waals surface area contributed by atoms with E-state index in [1.54, 1.807) is 14.2 Å². The Hall–Kier alpha value is -2.47. The van der Waals surface area contributed by atoms with Crippen LogP contribution >= 0.6 is 22.6 Å². The van der Waals surface area contributed by atoms with Crippen molar-refractivity contribution < 1.29 is 9.47 Å². The van der Waals surface area contributed by atoms with Crippen molar-refractivity contribution in [1.82, 2.24) is 4.90 Å². The highest BCUT2D eigenvalue weighted by Crippen LogP contribution is 2.27. The molecule has 0 aliphatic rings. The fraction of sp³-hybridized carbons (Fsp3) is 0.333. The van der Waals surface area contributed by atoms with Gasteiger partial charge in [0.05, 0.1) is 32.4 Å². The molecule has 0 saturated carbocycles. The molecule has 148 valence electrons. The van der Waals surface area contributed by atoms with Crippen LogP contribution in [0.5, 0.6) is 11.5 Å². The van der Waals surface area contributed by atoms with Crippen LogP contribution in [0.1, 0.15) is 12.0 Å². The first-order chi connectivity index (χ1) is 13.6. The first-order valence-electron chi connectivity index (χ1n) is 8.94. The molecule has 7 heteroatoms. The predicted octanol–water partition coefficient (Wildman–Crippen LogP) is 4.16. The Morgan fingerprint density at radius 3 is 2.61 bits per heavy atom. The minimum atomic E-state index is 0.443. The summed E-state index contributed by atoms with van der Waals surface area (Å²) in [6.07, 6.45) is 1.21. The van der Waals surface area contributed by atoms with Gasteiger partial charge in [-0.05, 0) is 58.8 Å². The largest absolute Gasteiger partial charge is 0.493 e. The van der Waals surface area contributed by atoms with Crippen molar-refractivity contribution in [2.45, 2.75) is 12.8 Å². The summed E-state index contributed by atoms with van der Waals surface area (Å²) < 4.78 is 11.8. The molecule has 28 heavy (non-hydrogen) atoms.